The molecule has 0 bridgehead atoms. The van der Waals surface area contributed by atoms with Crippen LogP contribution in [-0.2, 0) is 4.79 Å². The van der Waals surface area contributed by atoms with Crippen LogP contribution in [0.25, 0.3) is 0 Å². The Morgan fingerprint density at radius 3 is 2.50 bits per heavy atom. The SMILES string of the molecule is CC[C@H](NC(=O)COc1ccccc1Br)c1ccc(C)cc1. The van der Waals surface area contributed by atoms with E-state index in [4.69, 9.17) is 4.74 Å². The fourth-order valence-corrected chi connectivity index (χ4v) is 2.56. The first-order valence-electron chi connectivity index (χ1n) is 7.33. The van der Waals surface area contributed by atoms with Gasteiger partial charge < -0.3 is 10.1 Å². The topological polar surface area (TPSA) is 38.3 Å². The molecule has 2 aromatic carbocycles. The van der Waals surface area contributed by atoms with Crippen molar-refractivity contribution in [2.45, 2.75) is 26.3 Å². The maximum Gasteiger partial charge on any atom is 0.258 e. The van der Waals surface area contributed by atoms with Gasteiger partial charge in [-0.15, -0.1) is 0 Å². The van der Waals surface area contributed by atoms with Gasteiger partial charge in [0.25, 0.3) is 5.91 Å². The van der Waals surface area contributed by atoms with Crippen LogP contribution in [0.4, 0.5) is 0 Å². The zero-order chi connectivity index (χ0) is 15.9. The third kappa shape index (κ3) is 4.60. The second-order valence-electron chi connectivity index (χ2n) is 5.16. The molecule has 0 saturated heterocycles. The summed E-state index contributed by atoms with van der Waals surface area (Å²) in [5.74, 6) is 0.546. The highest BCUT2D eigenvalue weighted by Gasteiger charge is 2.13. The molecule has 4 heteroatoms. The van der Waals surface area contributed by atoms with E-state index >= 15 is 0 Å². The molecule has 22 heavy (non-hydrogen) atoms. The molecule has 3 nitrogen and oxygen atoms in total. The van der Waals surface area contributed by atoms with Gasteiger partial charge in [0.05, 0.1) is 10.5 Å². The summed E-state index contributed by atoms with van der Waals surface area (Å²) in [5, 5.41) is 3.01. The van der Waals surface area contributed by atoms with E-state index in [0.717, 1.165) is 16.5 Å². The molecule has 0 unspecified atom stereocenters. The van der Waals surface area contributed by atoms with Crippen LogP contribution in [0.15, 0.2) is 53.0 Å². The number of benzene rings is 2. The van der Waals surface area contributed by atoms with E-state index in [1.807, 2.05) is 24.3 Å². The molecule has 2 rings (SSSR count). The Morgan fingerprint density at radius 1 is 1.18 bits per heavy atom. The molecule has 0 aliphatic heterocycles. The Labute approximate surface area is 139 Å². The standard InChI is InChI=1S/C18H20BrNO2/c1-3-16(14-10-8-13(2)9-11-14)20-18(21)12-22-17-7-5-4-6-15(17)19/h4-11,16H,3,12H2,1-2H3,(H,20,21)/t16-/m0/s1. The first-order valence-corrected chi connectivity index (χ1v) is 8.12. The minimum Gasteiger partial charge on any atom is -0.483 e. The molecule has 0 heterocycles. The summed E-state index contributed by atoms with van der Waals surface area (Å²) in [6.45, 7) is 4.11. The minimum absolute atomic E-state index is 0.00494. The lowest BCUT2D eigenvalue weighted by atomic mass is 10.0. The van der Waals surface area contributed by atoms with E-state index in [1.54, 1.807) is 0 Å². The Hall–Kier alpha value is -1.81. The van der Waals surface area contributed by atoms with Crippen LogP contribution in [0, 0.1) is 6.92 Å². The second kappa shape index (κ2) is 7.99. The van der Waals surface area contributed by atoms with Gasteiger partial charge in [-0.1, -0.05) is 48.9 Å². The van der Waals surface area contributed by atoms with Crippen molar-refractivity contribution in [3.8, 4) is 5.75 Å². The number of para-hydroxylation sites is 1. The van der Waals surface area contributed by atoms with Gasteiger partial charge >= 0.3 is 0 Å². The summed E-state index contributed by atoms with van der Waals surface area (Å²) in [6, 6.07) is 15.7. The van der Waals surface area contributed by atoms with Crippen LogP contribution in [0.1, 0.15) is 30.5 Å². The molecule has 0 fully saturated rings. The summed E-state index contributed by atoms with van der Waals surface area (Å²) in [5.41, 5.74) is 2.32. The van der Waals surface area contributed by atoms with Gasteiger partial charge in [-0.3, -0.25) is 4.79 Å². The molecule has 1 atom stereocenters. The molecule has 0 aliphatic carbocycles. The van der Waals surface area contributed by atoms with Crippen molar-refractivity contribution in [3.63, 3.8) is 0 Å². The largest absolute Gasteiger partial charge is 0.483 e. The van der Waals surface area contributed by atoms with E-state index in [0.29, 0.717) is 5.75 Å². The van der Waals surface area contributed by atoms with E-state index < -0.39 is 0 Å². The summed E-state index contributed by atoms with van der Waals surface area (Å²) in [6.07, 6.45) is 0.837. The zero-order valence-electron chi connectivity index (χ0n) is 12.8. The fraction of sp³-hybridized carbons (Fsp3) is 0.278. The zero-order valence-corrected chi connectivity index (χ0v) is 14.4. The fourth-order valence-electron chi connectivity index (χ4n) is 2.16. The van der Waals surface area contributed by atoms with Gasteiger partial charge in [0.15, 0.2) is 6.61 Å². The van der Waals surface area contributed by atoms with Crippen LogP contribution >= 0.6 is 15.9 Å². The lowest BCUT2D eigenvalue weighted by Gasteiger charge is -2.18. The number of carbonyl (C=O) groups is 1. The lowest BCUT2D eigenvalue weighted by Crippen LogP contribution is -2.32. The molecular weight excluding hydrogens is 342 g/mol. The molecule has 0 spiro atoms. The Balaban J connectivity index is 1.92. The van der Waals surface area contributed by atoms with Crippen molar-refractivity contribution in [1.29, 1.82) is 0 Å². The van der Waals surface area contributed by atoms with Gasteiger partial charge in [0, 0.05) is 0 Å². The number of amides is 1. The van der Waals surface area contributed by atoms with Gasteiger partial charge in [0.1, 0.15) is 5.75 Å². The normalized spacial score (nSPS) is 11.8. The third-order valence-corrected chi connectivity index (χ3v) is 4.07. The number of ether oxygens (including phenoxy) is 1. The van der Waals surface area contributed by atoms with Crippen LogP contribution in [-0.4, -0.2) is 12.5 Å². The van der Waals surface area contributed by atoms with Crippen LogP contribution in [0.2, 0.25) is 0 Å². The predicted molar refractivity (Wildman–Crippen MR) is 92.0 cm³/mol. The third-order valence-electron chi connectivity index (χ3n) is 3.42. The molecule has 0 aliphatic rings. The van der Waals surface area contributed by atoms with E-state index in [2.05, 4.69) is 59.4 Å². The number of hydrogen-bond acceptors (Lipinski definition) is 2. The maximum absolute atomic E-state index is 12.1. The minimum atomic E-state index is -0.122. The summed E-state index contributed by atoms with van der Waals surface area (Å²) >= 11 is 3.40. The molecule has 0 saturated carbocycles. The van der Waals surface area contributed by atoms with Crippen molar-refractivity contribution < 1.29 is 9.53 Å². The Kier molecular flexibility index (Phi) is 6.01. The van der Waals surface area contributed by atoms with Crippen molar-refractivity contribution in [3.05, 3.63) is 64.1 Å². The Morgan fingerprint density at radius 2 is 1.86 bits per heavy atom. The molecule has 1 N–H and O–H groups in total. The average molecular weight is 362 g/mol. The summed E-state index contributed by atoms with van der Waals surface area (Å²) < 4.78 is 6.38. The molecular formula is C18H20BrNO2. The van der Waals surface area contributed by atoms with E-state index in [9.17, 15) is 4.79 Å². The van der Waals surface area contributed by atoms with Gasteiger partial charge in [-0.05, 0) is 47.0 Å². The number of halogens is 1. The molecule has 1 amide bonds. The van der Waals surface area contributed by atoms with E-state index in [1.165, 1.54) is 5.56 Å². The number of nitrogens with one attached hydrogen (secondary N) is 1. The number of hydrogen-bond donors (Lipinski definition) is 1. The van der Waals surface area contributed by atoms with Crippen molar-refractivity contribution in [1.82, 2.24) is 5.32 Å². The van der Waals surface area contributed by atoms with Gasteiger partial charge in [-0.2, -0.15) is 0 Å². The van der Waals surface area contributed by atoms with Crippen molar-refractivity contribution in [2.75, 3.05) is 6.61 Å². The van der Waals surface area contributed by atoms with Crippen LogP contribution in [0.5, 0.6) is 5.75 Å². The Bertz CT molecular complexity index is 625. The number of rotatable bonds is 6. The summed E-state index contributed by atoms with van der Waals surface area (Å²) in [4.78, 5) is 12.1. The number of aryl methyl sites for hydroxylation is 1. The van der Waals surface area contributed by atoms with Crippen LogP contribution in [0.3, 0.4) is 0 Å². The van der Waals surface area contributed by atoms with Crippen molar-refractivity contribution in [2.24, 2.45) is 0 Å². The van der Waals surface area contributed by atoms with E-state index in [-0.39, 0.29) is 18.6 Å². The predicted octanol–water partition coefficient (Wildman–Crippen LogP) is 4.40. The summed E-state index contributed by atoms with van der Waals surface area (Å²) in [7, 11) is 0. The molecule has 0 radical (unpaired) electrons. The highest BCUT2D eigenvalue weighted by Crippen LogP contribution is 2.23. The average Bonchev–Trinajstić information content (AvgIpc) is 2.53. The maximum atomic E-state index is 12.1. The molecule has 2 aromatic rings. The second-order valence-corrected chi connectivity index (χ2v) is 6.01. The van der Waals surface area contributed by atoms with Crippen LogP contribution < -0.4 is 10.1 Å². The lowest BCUT2D eigenvalue weighted by molar-refractivity contribution is -0.123. The van der Waals surface area contributed by atoms with Crippen molar-refractivity contribution >= 4 is 21.8 Å². The van der Waals surface area contributed by atoms with Gasteiger partial charge in [0.2, 0.25) is 0 Å². The highest BCUT2D eigenvalue weighted by atomic mass is 79.9. The quantitative estimate of drug-likeness (QED) is 0.827. The first-order chi connectivity index (χ1) is 10.6. The number of carbonyl (C=O) groups excluding carboxylic acids is 1. The van der Waals surface area contributed by atoms with Gasteiger partial charge in [-0.25, -0.2) is 0 Å². The highest BCUT2D eigenvalue weighted by molar-refractivity contribution is 9.10. The molecule has 116 valence electrons. The molecule has 0 aromatic heterocycles. The monoisotopic (exact) mass is 361 g/mol. The smallest absolute Gasteiger partial charge is 0.258 e. The first kappa shape index (κ1) is 16.6.